The van der Waals surface area contributed by atoms with Crippen LogP contribution in [-0.4, -0.2) is 298 Å². The van der Waals surface area contributed by atoms with Crippen LogP contribution in [0.15, 0.2) is 96.1 Å². The van der Waals surface area contributed by atoms with Gasteiger partial charge in [0.2, 0.25) is 29.4 Å². The van der Waals surface area contributed by atoms with Crippen molar-refractivity contribution in [3.05, 3.63) is 107 Å². The quantitative estimate of drug-likeness (QED) is 0.0107. The van der Waals surface area contributed by atoms with Gasteiger partial charge in [0.1, 0.15) is 68.5 Å². The fourth-order valence-electron chi connectivity index (χ4n) is 16.6. The molecule has 2 aromatic rings. The number of carbonyl (C=O) groups excluding carboxylic acids is 11. The van der Waals surface area contributed by atoms with E-state index in [1.807, 2.05) is 99.7 Å². The summed E-state index contributed by atoms with van der Waals surface area (Å²) in [4.78, 5) is 165. The van der Waals surface area contributed by atoms with Crippen molar-refractivity contribution in [2.75, 3.05) is 91.3 Å². The maximum Gasteiger partial charge on any atom is 0.508 e. The third kappa shape index (κ3) is 32.7. The summed E-state index contributed by atoms with van der Waals surface area (Å²) in [5.41, 5.74) is 5.17. The molecule has 7 rings (SSSR count). The maximum absolute atomic E-state index is 14.8. The Hall–Kier alpha value is -7.99. The van der Waals surface area contributed by atoms with E-state index in [1.165, 1.54) is 21.1 Å². The minimum Gasteiger partial charge on any atom is -0.480 e. The Bertz CT molecular complexity index is 4140. The first-order valence-electron chi connectivity index (χ1n) is 44.3. The van der Waals surface area contributed by atoms with Gasteiger partial charge in [-0.05, 0) is 147 Å². The van der Waals surface area contributed by atoms with Crippen molar-refractivity contribution in [3.63, 3.8) is 0 Å². The van der Waals surface area contributed by atoms with Crippen molar-refractivity contribution in [1.82, 2.24) is 26.2 Å². The number of aliphatic carboxylic acids is 1. The molecule has 2 aliphatic carbocycles. The molecule has 3 fully saturated rings. The first-order chi connectivity index (χ1) is 61.4. The van der Waals surface area contributed by atoms with Crippen molar-refractivity contribution in [2.24, 2.45) is 41.4 Å². The van der Waals surface area contributed by atoms with Gasteiger partial charge in [-0.1, -0.05) is 148 Å². The number of benzene rings is 2. The molecule has 5 amide bonds. The molecule has 0 radical (unpaired) electrons. The summed E-state index contributed by atoms with van der Waals surface area (Å²) in [6.07, 6.45) is 0.378. The monoisotopic (exact) mass is 1870 g/mol. The third-order valence-electron chi connectivity index (χ3n) is 24.5. The molecule has 3 aliphatic heterocycles. The van der Waals surface area contributed by atoms with Crippen LogP contribution in [0.25, 0.3) is 11.1 Å². The minimum atomic E-state index is -2.52. The lowest BCUT2D eigenvalue weighted by atomic mass is 9.78. The predicted octanol–water partition coefficient (Wildman–Crippen LogP) is 6.95. The van der Waals surface area contributed by atoms with Gasteiger partial charge in [-0.25, -0.2) is 19.2 Å². The number of nitrogens with zero attached hydrogens (tertiary/aromatic N) is 1. The number of hydrogen-bond donors (Lipinski definition) is 12. The van der Waals surface area contributed by atoms with Crippen LogP contribution in [0.1, 0.15) is 169 Å². The molecule has 1 unspecified atom stereocenters. The van der Waals surface area contributed by atoms with Gasteiger partial charge in [0.25, 0.3) is 11.7 Å². The van der Waals surface area contributed by atoms with Crippen LogP contribution in [0.3, 0.4) is 0 Å². The Labute approximate surface area is 766 Å². The molecule has 0 spiro atoms. The van der Waals surface area contributed by atoms with Crippen LogP contribution < -0.4 is 21.3 Å². The average Bonchev–Trinajstić information content (AvgIpc) is 1.49. The second-order valence-corrected chi connectivity index (χ2v) is 37.8. The smallest absolute Gasteiger partial charge is 0.480 e. The highest BCUT2D eigenvalue weighted by Gasteiger charge is 2.54. The zero-order valence-electron chi connectivity index (χ0n) is 75.5. The number of nitrogens with one attached hydrogen (secondary N) is 4. The molecule has 5 aliphatic rings. The number of methoxy groups -OCH3 is 3. The number of hydrogen-bond acceptors (Lipinski definition) is 31. The summed E-state index contributed by atoms with van der Waals surface area (Å²) in [5.74, 6) is -15.0. The Kier molecular flexibility index (Phi) is 45.4. The molecule has 718 valence electrons. The Morgan fingerprint density at radius 1 is 0.698 bits per heavy atom. The zero-order valence-corrected chi connectivity index (χ0v) is 77.9. The number of cyclic esters (lactones) is 1. The fourth-order valence-corrected chi connectivity index (χ4v) is 19.2. The van der Waals surface area contributed by atoms with Gasteiger partial charge in [-0.3, -0.25) is 38.4 Å². The molecular weight excluding hydrogens is 1740 g/mol. The maximum atomic E-state index is 14.8. The highest BCUT2D eigenvalue weighted by molar-refractivity contribution is 8.76. The molecule has 37 heteroatoms. The third-order valence-corrected chi connectivity index (χ3v) is 27.7. The molecule has 3 heterocycles. The summed E-state index contributed by atoms with van der Waals surface area (Å²) in [6.45, 7) is 11.4. The zero-order chi connectivity index (χ0) is 94.8. The van der Waals surface area contributed by atoms with E-state index < -0.39 is 205 Å². The van der Waals surface area contributed by atoms with E-state index >= 15 is 0 Å². The number of amides is 5. The Morgan fingerprint density at radius 2 is 1.36 bits per heavy atom. The van der Waals surface area contributed by atoms with Gasteiger partial charge < -0.3 is 110 Å². The number of ether oxygens (including phenoxy) is 9. The number of rotatable bonds is 37. The lowest BCUT2D eigenvalue weighted by Crippen LogP contribution is -2.61. The molecule has 2 saturated heterocycles. The molecule has 0 aromatic heterocycles. The predicted molar refractivity (Wildman–Crippen MR) is 480 cm³/mol. The van der Waals surface area contributed by atoms with Crippen molar-refractivity contribution >= 4 is 104 Å². The number of fused-ring (bicyclic) bond motifs is 6. The number of Topliss-reactive ketones (excluding diaryl/α,β-unsaturated/α-hetero) is 3. The van der Waals surface area contributed by atoms with Crippen LogP contribution >= 0.6 is 33.3 Å². The SMILES string of the molecule is CO[C@H]1C[C@@H]2CC[C@@H](C)[C@@](O)(O2)C(=O)C(=O)N2CCCC[C@H]2C(=O)O[C@H]([C@H](C)C[C@@H]2CC[C@@H](OCCOC(=O)OCCSSC[C@H](NC(=O)[C@H](CNC(=O)CCSC(=O)OCC3c4ccccc4-c4ccccc43)NC(=O)[C@@H](C)CCC(=O)NC[C@H](O)[C@@H](O)[C@H](O)[C@H](O)CO)C(=O)O)[C@H](OC)C2)CC(=O)/C(C)=C/C(C)[C@@H](O)[C@@H](OC)C(=O)[C@H](C)C[C@H](C)C=CC=CC=C1C. The topological polar surface area (TPSA) is 501 Å². The number of thioether (sulfide) groups is 1. The van der Waals surface area contributed by atoms with Crippen molar-refractivity contribution in [2.45, 2.75) is 249 Å². The van der Waals surface area contributed by atoms with Crippen LogP contribution in [-0.2, 0) is 90.6 Å². The van der Waals surface area contributed by atoms with Crippen molar-refractivity contribution in [1.29, 1.82) is 0 Å². The lowest BCUT2D eigenvalue weighted by Gasteiger charge is -2.42. The van der Waals surface area contributed by atoms with Gasteiger partial charge in [-0.2, -0.15) is 0 Å². The highest BCUT2D eigenvalue weighted by atomic mass is 33.1. The number of aliphatic hydroxyl groups is 7. The van der Waals surface area contributed by atoms with E-state index in [0.717, 1.165) is 66.1 Å². The summed E-state index contributed by atoms with van der Waals surface area (Å²) < 4.78 is 52.5. The van der Waals surface area contributed by atoms with E-state index in [2.05, 4.69) is 21.3 Å². The van der Waals surface area contributed by atoms with Gasteiger partial charge in [0, 0.05) is 113 Å². The van der Waals surface area contributed by atoms with E-state index in [-0.39, 0.29) is 118 Å². The summed E-state index contributed by atoms with van der Waals surface area (Å²) in [7, 11) is 6.54. The van der Waals surface area contributed by atoms with E-state index in [1.54, 1.807) is 40.9 Å². The number of piperidine rings is 1. The standard InChI is InChI=1S/C92H133N5O29S3/c1-52-21-13-12-14-22-53(2)74(118-9)45-61-31-29-59(8)92(117,126-61)84(108)87(111)97-35-20-19-27-69(97)89(114)125-75(46-70(99)55(4)42-58(7)80(105)83(120-11)79(104)57(6)41-52)56(5)43-60-30-32-73(76(44-60)119-10)121-36-37-122-90(115)123-38-40-128-129-51-68(88(112)113)96-86(110)67(95-85(109)54(3)28-33-77(102)94-48-71(100)81(106)82(107)72(101)49-98)47-93-78(103)34-39-127-91(116)124-50-66-64-25-17-15-23-62(64)63-24-16-18-26-65(63)66/h12-18,21-26,42,52,54,56-61,66-69,71-76,80-83,98,100-101,105-107,117H,19-20,27-41,43-51H2,1-11H3,(H,93,103)(H,94,102)(H,95,109)(H,96,110)(H,112,113)/b14-12?,21-13?,53-22?,55-42+/t52-,54+,56-,57-,58?,59-,60+,61+,67+,68+,69+,71+,72-,73-,74+,75+,76-,80-,81-,82-,83+,92-/m1/s1. The number of carboxylic acid groups (broad SMARTS) is 1. The van der Waals surface area contributed by atoms with E-state index in [4.69, 9.17) is 47.7 Å². The van der Waals surface area contributed by atoms with Gasteiger partial charge in [0.15, 0.2) is 11.6 Å². The average molecular weight is 1870 g/mol. The van der Waals surface area contributed by atoms with Crippen molar-refractivity contribution < 1.29 is 141 Å². The van der Waals surface area contributed by atoms with Crippen molar-refractivity contribution in [3.8, 4) is 11.1 Å². The van der Waals surface area contributed by atoms with Crippen LogP contribution in [0, 0.1) is 41.4 Å². The number of carboxylic acids is 1. The number of ketones is 3. The first kappa shape index (κ1) is 108. The first-order valence-corrected chi connectivity index (χ1v) is 47.8. The number of esters is 1. The van der Waals surface area contributed by atoms with Gasteiger partial charge in [-0.15, -0.1) is 0 Å². The molecule has 2 bridgehead atoms. The number of carbonyl (C=O) groups is 12. The molecular formula is C92H133N5O29S3. The molecule has 129 heavy (non-hydrogen) atoms. The fraction of sp³-hybridized carbons (Fsp3) is 0.652. The van der Waals surface area contributed by atoms with Crippen LogP contribution in [0.5, 0.6) is 0 Å². The molecule has 2 aromatic carbocycles. The minimum absolute atomic E-state index is 0.0000339. The largest absolute Gasteiger partial charge is 0.508 e. The van der Waals surface area contributed by atoms with E-state index in [9.17, 15) is 93.3 Å². The summed E-state index contributed by atoms with van der Waals surface area (Å²) >= 11 is 0.761. The Balaban J connectivity index is 0.903. The van der Waals surface area contributed by atoms with Crippen LogP contribution in [0.4, 0.5) is 9.59 Å². The van der Waals surface area contributed by atoms with Gasteiger partial charge in [0.05, 0.1) is 49.8 Å². The molecule has 12 N–H and O–H groups in total. The van der Waals surface area contributed by atoms with Crippen LogP contribution in [0.2, 0.25) is 0 Å². The normalized spacial score (nSPS) is 27.1. The summed E-state index contributed by atoms with van der Waals surface area (Å²) in [5, 5.41) is 92.2. The summed E-state index contributed by atoms with van der Waals surface area (Å²) in [6, 6.07) is 11.2. The van der Waals surface area contributed by atoms with Gasteiger partial charge >= 0.3 is 23.4 Å². The second kappa shape index (κ2) is 54.2. The molecule has 22 atom stereocenters. The second-order valence-electron chi connectivity index (χ2n) is 34.2. The lowest BCUT2D eigenvalue weighted by molar-refractivity contribution is -0.265. The number of aliphatic hydroxyl groups excluding tert-OH is 6. The number of allylic oxidation sites excluding steroid dienone is 6. The van der Waals surface area contributed by atoms with E-state index in [0.29, 0.717) is 57.8 Å². The molecule has 1 saturated carbocycles. The highest BCUT2D eigenvalue weighted by Crippen LogP contribution is 2.45. The molecule has 34 nitrogen and oxygen atoms in total. The Morgan fingerprint density at radius 3 is 2.04 bits per heavy atom.